The molecular formula is C13H24N2O. The molecule has 2 unspecified atom stereocenters. The Morgan fingerprint density at radius 3 is 2.50 bits per heavy atom. The van der Waals surface area contributed by atoms with Crippen LogP contribution in [0.25, 0.3) is 0 Å². The summed E-state index contributed by atoms with van der Waals surface area (Å²) in [6, 6.07) is 2.67. The van der Waals surface area contributed by atoms with Gasteiger partial charge >= 0.3 is 0 Å². The van der Waals surface area contributed by atoms with Gasteiger partial charge in [-0.2, -0.15) is 5.26 Å². The summed E-state index contributed by atoms with van der Waals surface area (Å²) in [5, 5.41) is 12.5. The fraction of sp³-hybridized carbons (Fsp3) is 0.923. The number of hydrogen-bond donors (Lipinski definition) is 1. The quantitative estimate of drug-likeness (QED) is 0.722. The Labute approximate surface area is 99.2 Å². The van der Waals surface area contributed by atoms with Crippen molar-refractivity contribution in [2.45, 2.75) is 64.6 Å². The van der Waals surface area contributed by atoms with E-state index >= 15 is 0 Å². The first-order valence-corrected chi connectivity index (χ1v) is 6.26. The van der Waals surface area contributed by atoms with Crippen LogP contribution in [0.1, 0.15) is 47.0 Å². The van der Waals surface area contributed by atoms with Crippen LogP contribution in [0, 0.1) is 17.2 Å². The molecule has 1 aliphatic rings. The van der Waals surface area contributed by atoms with Gasteiger partial charge in [-0.15, -0.1) is 0 Å². The van der Waals surface area contributed by atoms with Gasteiger partial charge in [0.25, 0.3) is 0 Å². The van der Waals surface area contributed by atoms with Gasteiger partial charge in [-0.3, -0.25) is 5.32 Å². The third-order valence-electron chi connectivity index (χ3n) is 2.86. The smallest absolute Gasteiger partial charge is 0.106 e. The minimum absolute atomic E-state index is 0.150. The molecule has 92 valence electrons. The normalized spacial score (nSPS) is 21.5. The van der Waals surface area contributed by atoms with Crippen molar-refractivity contribution in [3.8, 4) is 6.07 Å². The van der Waals surface area contributed by atoms with E-state index in [2.05, 4.69) is 32.2 Å². The van der Waals surface area contributed by atoms with E-state index in [0.29, 0.717) is 6.04 Å². The molecule has 1 saturated carbocycles. The van der Waals surface area contributed by atoms with Gasteiger partial charge in [0.15, 0.2) is 0 Å². The molecule has 3 nitrogen and oxygen atoms in total. The zero-order valence-corrected chi connectivity index (χ0v) is 10.9. The molecule has 0 spiro atoms. The van der Waals surface area contributed by atoms with E-state index in [-0.39, 0.29) is 6.10 Å². The molecule has 3 heteroatoms. The first-order chi connectivity index (χ1) is 7.45. The highest BCUT2D eigenvalue weighted by Gasteiger charge is 2.28. The molecule has 0 aromatic carbocycles. The van der Waals surface area contributed by atoms with Crippen molar-refractivity contribution in [2.24, 2.45) is 5.92 Å². The van der Waals surface area contributed by atoms with Crippen LogP contribution in [0.3, 0.4) is 0 Å². The standard InChI is InChI=1S/C13H24N2O/c1-10(2)15-13(4,9-14)7-11(3)16-8-12-5-6-12/h10-12,15H,5-8H2,1-4H3. The number of ether oxygens (including phenoxy) is 1. The summed E-state index contributed by atoms with van der Waals surface area (Å²) in [6.07, 6.45) is 3.52. The number of nitriles is 1. The predicted molar refractivity (Wildman–Crippen MR) is 65.0 cm³/mol. The monoisotopic (exact) mass is 224 g/mol. The lowest BCUT2D eigenvalue weighted by Gasteiger charge is -2.28. The molecule has 16 heavy (non-hydrogen) atoms. The van der Waals surface area contributed by atoms with Gasteiger partial charge in [-0.1, -0.05) is 0 Å². The summed E-state index contributed by atoms with van der Waals surface area (Å²) in [7, 11) is 0. The van der Waals surface area contributed by atoms with Gasteiger partial charge in [-0.05, 0) is 46.5 Å². The molecule has 0 bridgehead atoms. The van der Waals surface area contributed by atoms with Crippen molar-refractivity contribution in [3.05, 3.63) is 0 Å². The molecular weight excluding hydrogens is 200 g/mol. The third-order valence-corrected chi connectivity index (χ3v) is 2.86. The summed E-state index contributed by atoms with van der Waals surface area (Å²) < 4.78 is 5.75. The van der Waals surface area contributed by atoms with Crippen LogP contribution >= 0.6 is 0 Å². The van der Waals surface area contributed by atoms with Gasteiger partial charge in [0, 0.05) is 19.1 Å². The first kappa shape index (κ1) is 13.5. The second kappa shape index (κ2) is 5.65. The van der Waals surface area contributed by atoms with Gasteiger partial charge in [0.05, 0.1) is 12.2 Å². The van der Waals surface area contributed by atoms with Gasteiger partial charge in [-0.25, -0.2) is 0 Å². The SMILES string of the molecule is CC(C)NC(C)(C#N)CC(C)OCC1CC1. The molecule has 1 rings (SSSR count). The second-order valence-corrected chi connectivity index (χ2v) is 5.53. The van der Waals surface area contributed by atoms with E-state index in [0.717, 1.165) is 18.9 Å². The topological polar surface area (TPSA) is 45.0 Å². The zero-order valence-electron chi connectivity index (χ0n) is 10.9. The predicted octanol–water partition coefficient (Wildman–Crippen LogP) is 2.47. The van der Waals surface area contributed by atoms with Crippen molar-refractivity contribution >= 4 is 0 Å². The molecule has 0 heterocycles. The van der Waals surface area contributed by atoms with E-state index in [1.807, 2.05) is 6.92 Å². The van der Waals surface area contributed by atoms with Gasteiger partial charge in [0.1, 0.15) is 5.54 Å². The Morgan fingerprint density at radius 1 is 1.44 bits per heavy atom. The molecule has 0 amide bonds. The maximum atomic E-state index is 9.20. The minimum Gasteiger partial charge on any atom is -0.378 e. The molecule has 0 saturated heterocycles. The first-order valence-electron chi connectivity index (χ1n) is 6.26. The average Bonchev–Trinajstić information content (AvgIpc) is 2.96. The molecule has 0 aliphatic heterocycles. The maximum Gasteiger partial charge on any atom is 0.106 e. The van der Waals surface area contributed by atoms with E-state index in [9.17, 15) is 5.26 Å². The molecule has 2 atom stereocenters. The summed E-state index contributed by atoms with van der Waals surface area (Å²) in [5.74, 6) is 0.786. The summed E-state index contributed by atoms with van der Waals surface area (Å²) in [4.78, 5) is 0. The highest BCUT2D eigenvalue weighted by Crippen LogP contribution is 2.29. The average molecular weight is 224 g/mol. The Kier molecular flexibility index (Phi) is 4.76. The number of hydrogen-bond acceptors (Lipinski definition) is 3. The van der Waals surface area contributed by atoms with Crippen LogP contribution in [0.2, 0.25) is 0 Å². The summed E-state index contributed by atoms with van der Waals surface area (Å²) >= 11 is 0. The van der Waals surface area contributed by atoms with E-state index in [1.54, 1.807) is 0 Å². The Hall–Kier alpha value is -0.590. The Morgan fingerprint density at radius 2 is 2.06 bits per heavy atom. The number of rotatable bonds is 7. The Balaban J connectivity index is 2.32. The van der Waals surface area contributed by atoms with Crippen molar-refractivity contribution in [3.63, 3.8) is 0 Å². The lowest BCUT2D eigenvalue weighted by Crippen LogP contribution is -2.47. The molecule has 0 aromatic heterocycles. The van der Waals surface area contributed by atoms with Gasteiger partial charge < -0.3 is 4.74 Å². The summed E-state index contributed by atoms with van der Waals surface area (Å²) in [5.41, 5.74) is -0.475. The molecule has 0 radical (unpaired) electrons. The van der Waals surface area contributed by atoms with Crippen molar-refractivity contribution in [1.82, 2.24) is 5.32 Å². The molecule has 1 fully saturated rings. The van der Waals surface area contributed by atoms with Crippen LogP contribution in [-0.4, -0.2) is 24.3 Å². The largest absolute Gasteiger partial charge is 0.378 e. The van der Waals surface area contributed by atoms with Crippen LogP contribution in [0.5, 0.6) is 0 Å². The Bertz CT molecular complexity index is 255. The van der Waals surface area contributed by atoms with E-state index in [4.69, 9.17) is 4.74 Å². The van der Waals surface area contributed by atoms with E-state index in [1.165, 1.54) is 12.8 Å². The van der Waals surface area contributed by atoms with Crippen LogP contribution in [-0.2, 0) is 4.74 Å². The lowest BCUT2D eigenvalue weighted by molar-refractivity contribution is 0.0400. The van der Waals surface area contributed by atoms with Crippen LogP contribution in [0.15, 0.2) is 0 Å². The zero-order chi connectivity index (χ0) is 12.2. The fourth-order valence-corrected chi connectivity index (χ4v) is 1.99. The van der Waals surface area contributed by atoms with E-state index < -0.39 is 5.54 Å². The number of nitrogens with one attached hydrogen (secondary N) is 1. The highest BCUT2D eigenvalue weighted by atomic mass is 16.5. The van der Waals surface area contributed by atoms with Gasteiger partial charge in [0.2, 0.25) is 0 Å². The fourth-order valence-electron chi connectivity index (χ4n) is 1.99. The third kappa shape index (κ3) is 4.96. The number of nitrogens with zero attached hydrogens (tertiary/aromatic N) is 1. The van der Waals surface area contributed by atoms with Crippen LogP contribution < -0.4 is 5.32 Å². The van der Waals surface area contributed by atoms with Crippen molar-refractivity contribution in [2.75, 3.05) is 6.61 Å². The van der Waals surface area contributed by atoms with Crippen molar-refractivity contribution in [1.29, 1.82) is 5.26 Å². The van der Waals surface area contributed by atoms with Crippen molar-refractivity contribution < 1.29 is 4.74 Å². The molecule has 1 N–H and O–H groups in total. The highest BCUT2D eigenvalue weighted by molar-refractivity contribution is 5.05. The lowest BCUT2D eigenvalue weighted by atomic mass is 9.95. The minimum atomic E-state index is -0.475. The molecule has 1 aliphatic carbocycles. The van der Waals surface area contributed by atoms with Crippen LogP contribution in [0.4, 0.5) is 0 Å². The maximum absolute atomic E-state index is 9.20. The summed E-state index contributed by atoms with van der Waals surface area (Å²) in [6.45, 7) is 8.99. The molecule has 0 aromatic rings. The second-order valence-electron chi connectivity index (χ2n) is 5.53.